The van der Waals surface area contributed by atoms with Crippen LogP contribution in [0.3, 0.4) is 0 Å². The highest BCUT2D eigenvalue weighted by molar-refractivity contribution is 7.80. The number of carbonyl (C=O) groups is 1. The van der Waals surface area contributed by atoms with Gasteiger partial charge in [0.25, 0.3) is 5.91 Å². The Labute approximate surface area is 136 Å². The number of ether oxygens (including phenoxy) is 1. The van der Waals surface area contributed by atoms with Crippen LogP contribution < -0.4 is 15.8 Å². The maximum atomic E-state index is 11.9. The highest BCUT2D eigenvalue weighted by atomic mass is 35.5. The molecule has 1 atom stereocenters. The average molecular weight is 329 g/mol. The van der Waals surface area contributed by atoms with E-state index in [1.165, 1.54) is 0 Å². The Bertz CT molecular complexity index is 508. The lowest BCUT2D eigenvalue weighted by Gasteiger charge is -2.16. The topological polar surface area (TPSA) is 64.3 Å². The van der Waals surface area contributed by atoms with E-state index < -0.39 is 6.10 Å². The number of carbonyl (C=O) groups excluding carboxylic acids is 1. The van der Waals surface area contributed by atoms with Crippen LogP contribution in [0.15, 0.2) is 18.2 Å². The molecule has 0 aliphatic rings. The summed E-state index contributed by atoms with van der Waals surface area (Å²) >= 11 is 11.0. The molecule has 0 heterocycles. The molecule has 1 rings (SSSR count). The van der Waals surface area contributed by atoms with Crippen molar-refractivity contribution in [3.63, 3.8) is 0 Å². The molecule has 4 nitrogen and oxygen atoms in total. The maximum Gasteiger partial charge on any atom is 0.260 e. The lowest BCUT2D eigenvalue weighted by molar-refractivity contribution is -0.127. The summed E-state index contributed by atoms with van der Waals surface area (Å²) in [6, 6.07) is 5.01. The summed E-state index contributed by atoms with van der Waals surface area (Å²) in [5.41, 5.74) is 6.20. The van der Waals surface area contributed by atoms with Gasteiger partial charge in [0.15, 0.2) is 6.10 Å². The Balaban J connectivity index is 2.56. The summed E-state index contributed by atoms with van der Waals surface area (Å²) in [4.78, 5) is 12.1. The first-order chi connectivity index (χ1) is 9.95. The molecule has 0 aliphatic carbocycles. The van der Waals surface area contributed by atoms with Crippen LogP contribution in [0.5, 0.6) is 5.75 Å². The van der Waals surface area contributed by atoms with Crippen LogP contribution in [0.2, 0.25) is 5.02 Å². The summed E-state index contributed by atoms with van der Waals surface area (Å²) in [7, 11) is 0. The number of thiocarbonyl (C=S) groups is 1. The Hall–Kier alpha value is -1.33. The van der Waals surface area contributed by atoms with Crippen molar-refractivity contribution in [3.05, 3.63) is 28.8 Å². The minimum atomic E-state index is -0.611. The molecule has 0 bridgehead atoms. The molecule has 1 aromatic carbocycles. The molecule has 0 aromatic heterocycles. The maximum absolute atomic E-state index is 11.9. The van der Waals surface area contributed by atoms with Gasteiger partial charge in [0.05, 0.1) is 5.02 Å². The van der Waals surface area contributed by atoms with Crippen molar-refractivity contribution in [1.29, 1.82) is 0 Å². The monoisotopic (exact) mass is 328 g/mol. The third-order valence-corrected chi connectivity index (χ3v) is 3.50. The molecule has 0 radical (unpaired) electrons. The molecule has 0 saturated carbocycles. The van der Waals surface area contributed by atoms with E-state index in [1.807, 2.05) is 0 Å². The van der Waals surface area contributed by atoms with Crippen molar-refractivity contribution in [3.8, 4) is 5.75 Å². The van der Waals surface area contributed by atoms with Crippen LogP contribution in [0.25, 0.3) is 0 Å². The SMILES string of the molecule is CCCCCNC(=O)C(C)Oc1ccc(C(N)=S)cc1Cl. The molecular weight excluding hydrogens is 308 g/mol. The van der Waals surface area contributed by atoms with Crippen LogP contribution in [0.1, 0.15) is 38.7 Å². The van der Waals surface area contributed by atoms with Crippen LogP contribution in [0, 0.1) is 0 Å². The zero-order valence-electron chi connectivity index (χ0n) is 12.3. The fraction of sp³-hybridized carbons (Fsp3) is 0.467. The summed E-state index contributed by atoms with van der Waals surface area (Å²) in [6.45, 7) is 4.47. The Morgan fingerprint density at radius 1 is 1.48 bits per heavy atom. The average Bonchev–Trinajstić information content (AvgIpc) is 2.45. The number of nitrogens with two attached hydrogens (primary N) is 1. The van der Waals surface area contributed by atoms with Gasteiger partial charge in [-0.3, -0.25) is 4.79 Å². The van der Waals surface area contributed by atoms with Crippen molar-refractivity contribution in [2.75, 3.05) is 6.54 Å². The Morgan fingerprint density at radius 2 is 2.19 bits per heavy atom. The normalized spacial score (nSPS) is 11.8. The lowest BCUT2D eigenvalue weighted by Crippen LogP contribution is -2.36. The number of unbranched alkanes of at least 4 members (excludes halogenated alkanes) is 2. The standard InChI is InChI=1S/C15H21ClN2O2S/c1-3-4-5-8-18-15(19)10(2)20-13-7-6-11(14(17)21)9-12(13)16/h6-7,9-10H,3-5,8H2,1-2H3,(H2,17,21)(H,18,19). The zero-order valence-corrected chi connectivity index (χ0v) is 13.9. The smallest absolute Gasteiger partial charge is 0.260 e. The predicted molar refractivity (Wildman–Crippen MR) is 90.0 cm³/mol. The van der Waals surface area contributed by atoms with E-state index in [0.717, 1.165) is 19.3 Å². The summed E-state index contributed by atoms with van der Waals surface area (Å²) in [5.74, 6) is 0.286. The highest BCUT2D eigenvalue weighted by Gasteiger charge is 2.15. The van der Waals surface area contributed by atoms with E-state index >= 15 is 0 Å². The molecule has 116 valence electrons. The van der Waals surface area contributed by atoms with Crippen LogP contribution in [0.4, 0.5) is 0 Å². The molecule has 0 saturated heterocycles. The van der Waals surface area contributed by atoms with Crippen LogP contribution in [-0.2, 0) is 4.79 Å². The van der Waals surface area contributed by atoms with Gasteiger partial charge in [0.1, 0.15) is 10.7 Å². The largest absolute Gasteiger partial charge is 0.479 e. The number of hydrogen-bond donors (Lipinski definition) is 2. The van der Waals surface area contributed by atoms with E-state index in [0.29, 0.717) is 22.9 Å². The number of nitrogens with one attached hydrogen (secondary N) is 1. The van der Waals surface area contributed by atoms with Crippen molar-refractivity contribution in [2.45, 2.75) is 39.2 Å². The molecule has 1 amide bonds. The second-order valence-corrected chi connectivity index (χ2v) is 5.61. The number of amides is 1. The zero-order chi connectivity index (χ0) is 15.8. The van der Waals surface area contributed by atoms with Gasteiger partial charge < -0.3 is 15.8 Å². The fourth-order valence-corrected chi connectivity index (χ4v) is 2.08. The van der Waals surface area contributed by atoms with Gasteiger partial charge in [-0.2, -0.15) is 0 Å². The van der Waals surface area contributed by atoms with Gasteiger partial charge in [-0.05, 0) is 31.5 Å². The molecular formula is C15H21ClN2O2S. The summed E-state index contributed by atoms with van der Waals surface area (Å²) in [6.07, 6.45) is 2.58. The Kier molecular flexibility index (Phi) is 7.47. The second-order valence-electron chi connectivity index (χ2n) is 4.77. The predicted octanol–water partition coefficient (Wildman–Crippen LogP) is 3.05. The molecule has 21 heavy (non-hydrogen) atoms. The summed E-state index contributed by atoms with van der Waals surface area (Å²) < 4.78 is 5.57. The van der Waals surface area contributed by atoms with Gasteiger partial charge >= 0.3 is 0 Å². The van der Waals surface area contributed by atoms with Crippen molar-refractivity contribution in [1.82, 2.24) is 5.32 Å². The van der Waals surface area contributed by atoms with E-state index in [9.17, 15) is 4.79 Å². The first-order valence-electron chi connectivity index (χ1n) is 6.99. The van der Waals surface area contributed by atoms with E-state index in [2.05, 4.69) is 12.2 Å². The number of hydrogen-bond acceptors (Lipinski definition) is 3. The first-order valence-corrected chi connectivity index (χ1v) is 7.78. The molecule has 1 unspecified atom stereocenters. The van der Waals surface area contributed by atoms with Gasteiger partial charge in [0, 0.05) is 12.1 Å². The summed E-state index contributed by atoms with van der Waals surface area (Å²) in [5, 5.41) is 3.22. The number of halogens is 1. The van der Waals surface area contributed by atoms with E-state index in [-0.39, 0.29) is 10.9 Å². The minimum absolute atomic E-state index is 0.152. The third-order valence-electron chi connectivity index (χ3n) is 2.97. The van der Waals surface area contributed by atoms with Crippen molar-refractivity contribution < 1.29 is 9.53 Å². The fourth-order valence-electron chi connectivity index (χ4n) is 1.72. The van der Waals surface area contributed by atoms with Crippen molar-refractivity contribution >= 4 is 34.7 Å². The molecule has 0 spiro atoms. The first kappa shape index (κ1) is 17.7. The second kappa shape index (κ2) is 8.85. The molecule has 6 heteroatoms. The third kappa shape index (κ3) is 5.89. The van der Waals surface area contributed by atoms with Crippen molar-refractivity contribution in [2.24, 2.45) is 5.73 Å². The van der Waals surface area contributed by atoms with Gasteiger partial charge in [0.2, 0.25) is 0 Å². The molecule has 1 aromatic rings. The Morgan fingerprint density at radius 3 is 2.76 bits per heavy atom. The minimum Gasteiger partial charge on any atom is -0.479 e. The number of rotatable bonds is 8. The number of benzene rings is 1. The highest BCUT2D eigenvalue weighted by Crippen LogP contribution is 2.26. The lowest BCUT2D eigenvalue weighted by atomic mass is 10.2. The molecule has 0 aliphatic heterocycles. The quantitative estimate of drug-likeness (QED) is 0.568. The van der Waals surface area contributed by atoms with Crippen LogP contribution >= 0.6 is 23.8 Å². The van der Waals surface area contributed by atoms with E-state index in [4.69, 9.17) is 34.3 Å². The molecule has 3 N–H and O–H groups in total. The van der Waals surface area contributed by atoms with Gasteiger partial charge in [-0.15, -0.1) is 0 Å². The van der Waals surface area contributed by atoms with Gasteiger partial charge in [-0.25, -0.2) is 0 Å². The van der Waals surface area contributed by atoms with E-state index in [1.54, 1.807) is 25.1 Å². The molecule has 0 fully saturated rings. The van der Waals surface area contributed by atoms with Gasteiger partial charge in [-0.1, -0.05) is 43.6 Å². The van der Waals surface area contributed by atoms with Crippen LogP contribution in [-0.4, -0.2) is 23.5 Å².